The highest BCUT2D eigenvalue weighted by Crippen LogP contribution is 2.34. The lowest BCUT2D eigenvalue weighted by atomic mass is 9.81. The number of aliphatic hydroxyl groups excluding tert-OH is 1. The number of hydrogen-bond donors (Lipinski definition) is 2. The summed E-state index contributed by atoms with van der Waals surface area (Å²) in [6.45, 7) is 4.51. The van der Waals surface area contributed by atoms with Crippen LogP contribution in [-0.4, -0.2) is 58.6 Å². The summed E-state index contributed by atoms with van der Waals surface area (Å²) in [5, 5.41) is 21.8. The topological polar surface area (TPSA) is 82.9 Å². The van der Waals surface area contributed by atoms with Gasteiger partial charge < -0.3 is 19.8 Å². The zero-order chi connectivity index (χ0) is 25.5. The summed E-state index contributed by atoms with van der Waals surface area (Å²) in [7, 11) is 1.62. The molecule has 0 saturated carbocycles. The number of carbonyl (C=O) groups is 1. The van der Waals surface area contributed by atoms with Crippen molar-refractivity contribution in [2.45, 2.75) is 43.6 Å². The van der Waals surface area contributed by atoms with Gasteiger partial charge >= 0.3 is 5.97 Å². The van der Waals surface area contributed by atoms with E-state index in [9.17, 15) is 15.0 Å². The zero-order valence-electron chi connectivity index (χ0n) is 21.1. The number of benzene rings is 2. The summed E-state index contributed by atoms with van der Waals surface area (Å²) in [5.74, 6) is 0.687. The van der Waals surface area contributed by atoms with Crippen LogP contribution in [0.5, 0.6) is 5.75 Å². The van der Waals surface area contributed by atoms with Crippen LogP contribution in [0.3, 0.4) is 0 Å². The van der Waals surface area contributed by atoms with Gasteiger partial charge in [-0.15, -0.1) is 11.8 Å². The highest BCUT2D eigenvalue weighted by molar-refractivity contribution is 7.99. The average Bonchev–Trinajstić information content (AvgIpc) is 2.90. The number of piperidine rings is 1. The first kappa shape index (κ1) is 26.5. The van der Waals surface area contributed by atoms with Gasteiger partial charge in [-0.25, -0.2) is 0 Å². The van der Waals surface area contributed by atoms with E-state index in [1.54, 1.807) is 13.3 Å². The van der Waals surface area contributed by atoms with Gasteiger partial charge in [-0.05, 0) is 99.3 Å². The minimum absolute atomic E-state index is 0.0676. The number of aryl methyl sites for hydroxylation is 1. The number of methoxy groups -OCH3 is 1. The van der Waals surface area contributed by atoms with E-state index in [4.69, 9.17) is 4.74 Å². The van der Waals surface area contributed by atoms with Gasteiger partial charge in [0.1, 0.15) is 5.75 Å². The third-order valence-electron chi connectivity index (χ3n) is 7.22. The third kappa shape index (κ3) is 6.78. The van der Waals surface area contributed by atoms with Gasteiger partial charge in [-0.3, -0.25) is 9.78 Å². The van der Waals surface area contributed by atoms with E-state index in [1.165, 1.54) is 10.5 Å². The van der Waals surface area contributed by atoms with Crippen LogP contribution in [0.4, 0.5) is 0 Å². The molecule has 0 spiro atoms. The first-order valence-corrected chi connectivity index (χ1v) is 13.7. The highest BCUT2D eigenvalue weighted by atomic mass is 32.2. The van der Waals surface area contributed by atoms with Crippen molar-refractivity contribution in [3.63, 3.8) is 0 Å². The number of thioether (sulfide) groups is 1. The van der Waals surface area contributed by atoms with Crippen molar-refractivity contribution < 1.29 is 19.7 Å². The SMILES string of the molecule is COc1ccc2nccc([C@@H](O)CC[C@@H]3CCN(CCCSc4ccc(C)cc4)C[C@@H]3C(=O)O)c2c1. The van der Waals surface area contributed by atoms with E-state index in [0.29, 0.717) is 19.4 Å². The van der Waals surface area contributed by atoms with Crippen LogP contribution in [0, 0.1) is 18.8 Å². The number of carboxylic acid groups (broad SMARTS) is 1. The first-order chi connectivity index (χ1) is 17.4. The molecule has 0 radical (unpaired) electrons. The Labute approximate surface area is 217 Å². The van der Waals surface area contributed by atoms with Gasteiger partial charge in [0.2, 0.25) is 0 Å². The Balaban J connectivity index is 1.29. The van der Waals surface area contributed by atoms with Gasteiger partial charge in [0.15, 0.2) is 0 Å². The summed E-state index contributed by atoms with van der Waals surface area (Å²) in [5.41, 5.74) is 2.89. The molecule has 36 heavy (non-hydrogen) atoms. The molecule has 7 heteroatoms. The van der Waals surface area contributed by atoms with Crippen molar-refractivity contribution in [2.24, 2.45) is 11.8 Å². The fourth-order valence-electron chi connectivity index (χ4n) is 5.10. The number of aromatic nitrogens is 1. The molecule has 1 aromatic heterocycles. The number of pyridine rings is 1. The van der Waals surface area contributed by atoms with Crippen LogP contribution in [0.25, 0.3) is 10.9 Å². The fourth-order valence-corrected chi connectivity index (χ4v) is 5.94. The van der Waals surface area contributed by atoms with Crippen LogP contribution in [0.2, 0.25) is 0 Å². The van der Waals surface area contributed by atoms with E-state index < -0.39 is 18.0 Å². The van der Waals surface area contributed by atoms with Gasteiger partial charge in [-0.1, -0.05) is 17.7 Å². The monoisotopic (exact) mass is 508 g/mol. The largest absolute Gasteiger partial charge is 0.497 e. The Hall–Kier alpha value is -2.61. The van der Waals surface area contributed by atoms with Crippen molar-refractivity contribution in [3.05, 3.63) is 65.9 Å². The lowest BCUT2D eigenvalue weighted by Crippen LogP contribution is -2.44. The molecule has 1 saturated heterocycles. The molecule has 2 heterocycles. The van der Waals surface area contributed by atoms with Gasteiger partial charge in [0, 0.05) is 23.0 Å². The van der Waals surface area contributed by atoms with Crippen LogP contribution < -0.4 is 4.74 Å². The summed E-state index contributed by atoms with van der Waals surface area (Å²) < 4.78 is 5.34. The molecular weight excluding hydrogens is 472 g/mol. The number of hydrogen-bond acceptors (Lipinski definition) is 6. The molecular formula is C29H36N2O4S. The second kappa shape index (κ2) is 12.6. The standard InChI is InChI=1S/C29H36N2O4S/c1-20-4-8-23(9-5-20)36-17-3-15-31-16-13-21(26(19-31)29(33)34)6-11-28(32)24-12-14-30-27-10-7-22(35-2)18-25(24)27/h4-5,7-10,12,14,18,21,26,28,32H,3,6,11,13,15-17,19H2,1-2H3,(H,33,34)/t21-,26+,28+/m1/s1. The molecule has 1 fully saturated rings. The molecule has 0 amide bonds. The number of nitrogens with zero attached hydrogens (tertiary/aromatic N) is 2. The maximum absolute atomic E-state index is 12.1. The second-order valence-electron chi connectivity index (χ2n) is 9.69. The van der Waals surface area contributed by atoms with Crippen LogP contribution in [-0.2, 0) is 4.79 Å². The average molecular weight is 509 g/mol. The molecule has 2 aromatic carbocycles. The van der Waals surface area contributed by atoms with Crippen LogP contribution in [0.1, 0.15) is 42.9 Å². The van der Waals surface area contributed by atoms with E-state index in [2.05, 4.69) is 41.1 Å². The maximum Gasteiger partial charge on any atom is 0.308 e. The quantitative estimate of drug-likeness (QED) is 0.259. The number of rotatable bonds is 11. The Morgan fingerprint density at radius 1 is 1.22 bits per heavy atom. The number of fused-ring (bicyclic) bond motifs is 1. The molecule has 192 valence electrons. The van der Waals surface area contributed by atoms with Crippen molar-refractivity contribution >= 4 is 28.6 Å². The van der Waals surface area contributed by atoms with Gasteiger partial charge in [-0.2, -0.15) is 0 Å². The van der Waals surface area contributed by atoms with Gasteiger partial charge in [0.25, 0.3) is 0 Å². The molecule has 0 aliphatic carbocycles. The number of aliphatic carboxylic acids is 1. The number of likely N-dealkylation sites (tertiary alicyclic amines) is 1. The zero-order valence-corrected chi connectivity index (χ0v) is 21.9. The summed E-state index contributed by atoms with van der Waals surface area (Å²) >= 11 is 1.85. The molecule has 4 rings (SSSR count). The summed E-state index contributed by atoms with van der Waals surface area (Å²) in [6, 6.07) is 16.1. The van der Waals surface area contributed by atoms with Crippen LogP contribution in [0.15, 0.2) is 59.6 Å². The maximum atomic E-state index is 12.1. The normalized spacial score (nSPS) is 19.3. The van der Waals surface area contributed by atoms with E-state index in [1.807, 2.05) is 36.0 Å². The molecule has 3 aromatic rings. The minimum Gasteiger partial charge on any atom is -0.497 e. The highest BCUT2D eigenvalue weighted by Gasteiger charge is 2.34. The fraction of sp³-hybridized carbons (Fsp3) is 0.448. The predicted molar refractivity (Wildman–Crippen MR) is 145 cm³/mol. The Morgan fingerprint density at radius 3 is 2.78 bits per heavy atom. The second-order valence-corrected chi connectivity index (χ2v) is 10.9. The van der Waals surface area contributed by atoms with Crippen LogP contribution >= 0.6 is 11.8 Å². The molecule has 1 aliphatic heterocycles. The van der Waals surface area contributed by atoms with Crippen molar-refractivity contribution in [2.75, 3.05) is 32.5 Å². The van der Waals surface area contributed by atoms with Crippen molar-refractivity contribution in [1.29, 1.82) is 0 Å². The van der Waals surface area contributed by atoms with Crippen molar-refractivity contribution in [3.8, 4) is 5.75 Å². The van der Waals surface area contributed by atoms with Crippen molar-refractivity contribution in [1.82, 2.24) is 9.88 Å². The lowest BCUT2D eigenvalue weighted by molar-refractivity contribution is -0.146. The lowest BCUT2D eigenvalue weighted by Gasteiger charge is -2.37. The molecule has 3 atom stereocenters. The smallest absolute Gasteiger partial charge is 0.308 e. The molecule has 1 aliphatic rings. The third-order valence-corrected chi connectivity index (χ3v) is 8.32. The summed E-state index contributed by atoms with van der Waals surface area (Å²) in [6.07, 6.45) is 4.13. The Kier molecular flexibility index (Phi) is 9.24. The summed E-state index contributed by atoms with van der Waals surface area (Å²) in [4.78, 5) is 20.1. The molecule has 2 N–H and O–H groups in total. The number of ether oxygens (including phenoxy) is 1. The first-order valence-electron chi connectivity index (χ1n) is 12.7. The number of aliphatic hydroxyl groups is 1. The van der Waals surface area contributed by atoms with Gasteiger partial charge in [0.05, 0.1) is 24.6 Å². The predicted octanol–water partition coefficient (Wildman–Crippen LogP) is 5.57. The number of carboxylic acids is 1. The molecule has 0 bridgehead atoms. The van der Waals surface area contributed by atoms with E-state index in [0.717, 1.165) is 53.9 Å². The Morgan fingerprint density at radius 2 is 2.03 bits per heavy atom. The molecule has 6 nitrogen and oxygen atoms in total. The Bertz CT molecular complexity index is 1150. The minimum atomic E-state index is -0.729. The molecule has 0 unspecified atom stereocenters. The van der Waals surface area contributed by atoms with E-state index >= 15 is 0 Å². The van der Waals surface area contributed by atoms with E-state index in [-0.39, 0.29) is 5.92 Å².